The van der Waals surface area contributed by atoms with E-state index in [-0.39, 0.29) is 34.7 Å². The van der Waals surface area contributed by atoms with Crippen LogP contribution in [0.15, 0.2) is 23.1 Å². The van der Waals surface area contributed by atoms with Crippen molar-refractivity contribution in [2.45, 2.75) is 62.9 Å². The predicted molar refractivity (Wildman–Crippen MR) is 110 cm³/mol. The Balaban J connectivity index is 2.22. The van der Waals surface area contributed by atoms with Gasteiger partial charge in [0.05, 0.1) is 13.7 Å². The van der Waals surface area contributed by atoms with E-state index < -0.39 is 21.5 Å². The molecule has 0 heterocycles. The van der Waals surface area contributed by atoms with E-state index in [1.165, 1.54) is 37.3 Å². The van der Waals surface area contributed by atoms with E-state index in [4.69, 9.17) is 4.74 Å². The van der Waals surface area contributed by atoms with Gasteiger partial charge in [0.1, 0.15) is 10.6 Å². The SMILES string of the molecule is COc1ccc(C(=O)N(C)CC(=O)NC(C)(C)C)cc1S(=O)(=O)NC1CCCC1. The third-order valence-electron chi connectivity index (χ3n) is 4.62. The Bertz CT molecular complexity index is 855. The van der Waals surface area contributed by atoms with Crippen molar-refractivity contribution in [3.8, 4) is 5.75 Å². The van der Waals surface area contributed by atoms with Gasteiger partial charge in [-0.25, -0.2) is 13.1 Å². The minimum absolute atomic E-state index is 0.0784. The van der Waals surface area contributed by atoms with Gasteiger partial charge in [-0.2, -0.15) is 0 Å². The van der Waals surface area contributed by atoms with Gasteiger partial charge in [0, 0.05) is 24.2 Å². The van der Waals surface area contributed by atoms with Crippen LogP contribution in [0.25, 0.3) is 0 Å². The van der Waals surface area contributed by atoms with Gasteiger partial charge in [0.15, 0.2) is 0 Å². The number of hydrogen-bond acceptors (Lipinski definition) is 5. The fraction of sp³-hybridized carbons (Fsp3) is 0.600. The lowest BCUT2D eigenvalue weighted by molar-refractivity contribution is -0.122. The number of ether oxygens (including phenoxy) is 1. The van der Waals surface area contributed by atoms with Gasteiger partial charge in [-0.15, -0.1) is 0 Å². The van der Waals surface area contributed by atoms with Gasteiger partial charge in [0.25, 0.3) is 5.91 Å². The van der Waals surface area contributed by atoms with E-state index >= 15 is 0 Å². The summed E-state index contributed by atoms with van der Waals surface area (Å²) in [6.45, 7) is 5.42. The number of hydrogen-bond donors (Lipinski definition) is 2. The molecule has 0 spiro atoms. The standard InChI is InChI=1S/C20H31N3O5S/c1-20(2,3)21-18(24)13-23(4)19(25)14-10-11-16(28-5)17(12-14)29(26,27)22-15-8-6-7-9-15/h10-12,15,22H,6-9,13H2,1-5H3,(H,21,24). The Morgan fingerprint density at radius 1 is 1.21 bits per heavy atom. The van der Waals surface area contributed by atoms with E-state index in [0.29, 0.717) is 0 Å². The number of nitrogens with one attached hydrogen (secondary N) is 2. The molecule has 2 rings (SSSR count). The number of rotatable bonds is 7. The summed E-state index contributed by atoms with van der Waals surface area (Å²) >= 11 is 0. The lowest BCUT2D eigenvalue weighted by Gasteiger charge is -2.23. The summed E-state index contributed by atoms with van der Waals surface area (Å²) in [5, 5.41) is 2.79. The molecule has 162 valence electrons. The first kappa shape index (κ1) is 23.2. The second-order valence-corrected chi connectivity index (χ2v) is 10.1. The maximum absolute atomic E-state index is 12.9. The first-order valence-corrected chi connectivity index (χ1v) is 11.2. The number of amides is 2. The molecule has 1 aromatic carbocycles. The Morgan fingerprint density at radius 2 is 1.83 bits per heavy atom. The maximum Gasteiger partial charge on any atom is 0.254 e. The summed E-state index contributed by atoms with van der Waals surface area (Å²) in [5.41, 5.74) is -0.238. The molecule has 0 aromatic heterocycles. The quantitative estimate of drug-likeness (QED) is 0.694. The Morgan fingerprint density at radius 3 is 2.38 bits per heavy atom. The molecule has 2 N–H and O–H groups in total. The van der Waals surface area contributed by atoms with Crippen LogP contribution in [0, 0.1) is 0 Å². The van der Waals surface area contributed by atoms with Gasteiger partial charge in [-0.3, -0.25) is 9.59 Å². The van der Waals surface area contributed by atoms with Crippen molar-refractivity contribution in [3.05, 3.63) is 23.8 Å². The average molecular weight is 426 g/mol. The van der Waals surface area contributed by atoms with Crippen LogP contribution in [0.5, 0.6) is 5.75 Å². The number of benzene rings is 1. The summed E-state index contributed by atoms with van der Waals surface area (Å²) in [5.74, 6) is -0.577. The molecule has 2 amide bonds. The Labute approximate surface area is 173 Å². The maximum atomic E-state index is 12.9. The fourth-order valence-electron chi connectivity index (χ4n) is 3.31. The van der Waals surface area contributed by atoms with Crippen molar-refractivity contribution >= 4 is 21.8 Å². The molecule has 1 saturated carbocycles. The highest BCUT2D eigenvalue weighted by molar-refractivity contribution is 7.89. The van der Waals surface area contributed by atoms with Crippen LogP contribution >= 0.6 is 0 Å². The normalized spacial score (nSPS) is 15.2. The number of carbonyl (C=O) groups is 2. The van der Waals surface area contributed by atoms with Crippen LogP contribution in [0.2, 0.25) is 0 Å². The highest BCUT2D eigenvalue weighted by Gasteiger charge is 2.27. The van der Waals surface area contributed by atoms with E-state index in [0.717, 1.165) is 25.7 Å². The molecular formula is C20H31N3O5S. The van der Waals surface area contributed by atoms with E-state index in [1.807, 2.05) is 20.8 Å². The van der Waals surface area contributed by atoms with Crippen molar-refractivity contribution in [1.29, 1.82) is 0 Å². The minimum Gasteiger partial charge on any atom is -0.495 e. The molecule has 0 unspecified atom stereocenters. The predicted octanol–water partition coefficient (Wildman–Crippen LogP) is 1.90. The second-order valence-electron chi connectivity index (χ2n) is 8.43. The second kappa shape index (κ2) is 9.13. The molecule has 29 heavy (non-hydrogen) atoms. The molecular weight excluding hydrogens is 394 g/mol. The van der Waals surface area contributed by atoms with Crippen LogP contribution in [-0.2, 0) is 14.8 Å². The molecule has 0 bridgehead atoms. The summed E-state index contributed by atoms with van der Waals surface area (Å²) in [7, 11) is -0.957. The largest absolute Gasteiger partial charge is 0.495 e. The topological polar surface area (TPSA) is 105 Å². The fourth-order valence-corrected chi connectivity index (χ4v) is 4.81. The van der Waals surface area contributed by atoms with Crippen LogP contribution in [0.4, 0.5) is 0 Å². The van der Waals surface area contributed by atoms with Gasteiger partial charge < -0.3 is 15.0 Å². The molecule has 1 aliphatic carbocycles. The molecule has 8 nitrogen and oxygen atoms in total. The third-order valence-corrected chi connectivity index (χ3v) is 6.16. The zero-order valence-electron chi connectivity index (χ0n) is 17.7. The molecule has 1 fully saturated rings. The first-order chi connectivity index (χ1) is 13.4. The van der Waals surface area contributed by atoms with Crippen molar-refractivity contribution in [2.24, 2.45) is 0 Å². The zero-order chi connectivity index (χ0) is 21.8. The molecule has 1 aliphatic rings. The Hall–Kier alpha value is -2.13. The number of sulfonamides is 1. The monoisotopic (exact) mass is 425 g/mol. The van der Waals surface area contributed by atoms with Crippen LogP contribution in [0.1, 0.15) is 56.8 Å². The van der Waals surface area contributed by atoms with E-state index in [1.54, 1.807) is 0 Å². The highest BCUT2D eigenvalue weighted by Crippen LogP contribution is 2.27. The molecule has 0 atom stereocenters. The number of methoxy groups -OCH3 is 1. The van der Waals surface area contributed by atoms with Crippen molar-refractivity contribution in [1.82, 2.24) is 14.9 Å². The van der Waals surface area contributed by atoms with Gasteiger partial charge >= 0.3 is 0 Å². The van der Waals surface area contributed by atoms with Gasteiger partial charge in [0.2, 0.25) is 15.9 Å². The number of likely N-dealkylation sites (N-methyl/N-ethyl adjacent to an activating group) is 1. The smallest absolute Gasteiger partial charge is 0.254 e. The number of nitrogens with zero attached hydrogens (tertiary/aromatic N) is 1. The van der Waals surface area contributed by atoms with Gasteiger partial charge in [-0.05, 0) is 51.8 Å². The molecule has 0 radical (unpaired) electrons. The summed E-state index contributed by atoms with van der Waals surface area (Å²) in [6.07, 6.45) is 3.58. The molecule has 9 heteroatoms. The third kappa shape index (κ3) is 6.43. The molecule has 1 aromatic rings. The van der Waals surface area contributed by atoms with Gasteiger partial charge in [-0.1, -0.05) is 12.8 Å². The highest BCUT2D eigenvalue weighted by atomic mass is 32.2. The van der Waals surface area contributed by atoms with E-state index in [2.05, 4.69) is 10.0 Å². The van der Waals surface area contributed by atoms with Crippen LogP contribution < -0.4 is 14.8 Å². The van der Waals surface area contributed by atoms with Crippen LogP contribution in [0.3, 0.4) is 0 Å². The number of carbonyl (C=O) groups excluding carboxylic acids is 2. The lowest BCUT2D eigenvalue weighted by Crippen LogP contribution is -2.46. The molecule has 0 aliphatic heterocycles. The summed E-state index contributed by atoms with van der Waals surface area (Å²) in [4.78, 5) is 26.0. The van der Waals surface area contributed by atoms with E-state index in [9.17, 15) is 18.0 Å². The first-order valence-electron chi connectivity index (χ1n) is 9.70. The van der Waals surface area contributed by atoms with Crippen molar-refractivity contribution < 1.29 is 22.7 Å². The summed E-state index contributed by atoms with van der Waals surface area (Å²) in [6, 6.07) is 4.15. The molecule has 0 saturated heterocycles. The van der Waals surface area contributed by atoms with Crippen LogP contribution in [-0.4, -0.2) is 57.4 Å². The average Bonchev–Trinajstić information content (AvgIpc) is 3.11. The minimum atomic E-state index is -3.84. The van der Waals surface area contributed by atoms with Crippen molar-refractivity contribution in [2.75, 3.05) is 20.7 Å². The lowest BCUT2D eigenvalue weighted by atomic mass is 10.1. The zero-order valence-corrected chi connectivity index (χ0v) is 18.6. The summed E-state index contributed by atoms with van der Waals surface area (Å²) < 4.78 is 33.6. The van der Waals surface area contributed by atoms with Crippen molar-refractivity contribution in [3.63, 3.8) is 0 Å². The Kier molecular flexibility index (Phi) is 7.29.